The third kappa shape index (κ3) is 10.7. The molecule has 8 aliphatic carbocycles. The molecular weight excluding hydrogens is 839 g/mol. The third-order valence-electron chi connectivity index (χ3n) is 22.6. The number of likely N-dealkylation sites (N-methyl/N-ethyl adjacent to an activating group) is 1. The maximum Gasteiger partial charge on any atom is 0.407 e. The van der Waals surface area contributed by atoms with Crippen molar-refractivity contribution in [3.05, 3.63) is 23.3 Å². The molecule has 2 N–H and O–H groups in total. The van der Waals surface area contributed by atoms with Gasteiger partial charge in [0.2, 0.25) is 0 Å². The molecule has 8 rings (SSSR count). The summed E-state index contributed by atoms with van der Waals surface area (Å²) in [6.45, 7) is 27.6. The first kappa shape index (κ1) is 52.3. The lowest BCUT2D eigenvalue weighted by molar-refractivity contribution is -0.0581. The number of nitrogens with one attached hydrogen (secondary N) is 2. The van der Waals surface area contributed by atoms with E-state index in [-0.39, 0.29) is 35.2 Å². The van der Waals surface area contributed by atoms with Crippen LogP contribution in [0.3, 0.4) is 0 Å². The molecule has 0 aromatic heterocycles. The molecule has 386 valence electrons. The zero-order valence-electron chi connectivity index (χ0n) is 45.7. The molecule has 6 fully saturated rings. The minimum atomic E-state index is -0.296. The summed E-state index contributed by atoms with van der Waals surface area (Å²) in [5.41, 5.74) is 4.66. The number of hydrogen-bond acceptors (Lipinski definition) is 5. The molecule has 0 aromatic rings. The Bertz CT molecular complexity index is 1660. The number of hydrogen-bond donors (Lipinski definition) is 2. The minimum absolute atomic E-state index is 0.0406. The van der Waals surface area contributed by atoms with Gasteiger partial charge in [0, 0.05) is 39.0 Å². The second-order valence-corrected chi connectivity index (χ2v) is 27.3. The van der Waals surface area contributed by atoms with Crippen LogP contribution in [0, 0.1) is 92.7 Å². The van der Waals surface area contributed by atoms with Crippen molar-refractivity contribution in [2.75, 3.05) is 33.2 Å². The molecule has 0 aliphatic heterocycles. The third-order valence-corrected chi connectivity index (χ3v) is 22.6. The SMILES string of the molecule is CC(C)CCC[C@@H](C)[C@H]1CCC2[C@@H]3CC=C4CC(OC(=O)NCCN(C)CCNC(=O)O[C@H]5CC[C@@]6(C)C(=CC[C@H]7C8CC[C@H]([C@H](C)CCCC(C)C)[C@@]8(C)CC[C@@H]76)C5)CC[C@]4(C)[C@H]3CC[C@@]21C. The van der Waals surface area contributed by atoms with Crippen molar-refractivity contribution in [1.82, 2.24) is 15.5 Å². The number of amides is 2. The Morgan fingerprint density at radius 3 is 1.38 bits per heavy atom. The van der Waals surface area contributed by atoms with Gasteiger partial charge in [-0.2, -0.15) is 0 Å². The molecular formula is C61H103N3O4. The minimum Gasteiger partial charge on any atom is -0.446 e. The van der Waals surface area contributed by atoms with E-state index in [1.807, 2.05) is 7.05 Å². The van der Waals surface area contributed by atoms with Gasteiger partial charge in [-0.3, -0.25) is 0 Å². The van der Waals surface area contributed by atoms with Crippen molar-refractivity contribution < 1.29 is 19.1 Å². The summed E-state index contributed by atoms with van der Waals surface area (Å²) in [7, 11) is 2.04. The topological polar surface area (TPSA) is 79.9 Å². The van der Waals surface area contributed by atoms with Crippen molar-refractivity contribution in [1.29, 1.82) is 0 Å². The molecule has 0 saturated heterocycles. The van der Waals surface area contributed by atoms with E-state index in [2.05, 4.69) is 96.9 Å². The first-order valence-electron chi connectivity index (χ1n) is 29.3. The van der Waals surface area contributed by atoms with Gasteiger partial charge in [0.1, 0.15) is 12.2 Å². The van der Waals surface area contributed by atoms with Crippen LogP contribution in [0.2, 0.25) is 0 Å². The van der Waals surface area contributed by atoms with Gasteiger partial charge < -0.3 is 25.0 Å². The number of ether oxygens (including phenoxy) is 2. The molecule has 8 aliphatic rings. The van der Waals surface area contributed by atoms with Crippen LogP contribution in [0.15, 0.2) is 23.3 Å². The highest BCUT2D eigenvalue weighted by atomic mass is 16.6. The lowest BCUT2D eigenvalue weighted by Gasteiger charge is -2.58. The summed E-state index contributed by atoms with van der Waals surface area (Å²) >= 11 is 0. The number of rotatable bonds is 18. The van der Waals surface area contributed by atoms with Crippen LogP contribution in [0.25, 0.3) is 0 Å². The number of allylic oxidation sites excluding steroid dienone is 2. The Kier molecular flexibility index (Phi) is 16.6. The molecule has 0 bridgehead atoms. The average Bonchev–Trinajstić information content (AvgIpc) is 3.83. The number of alkyl carbamates (subject to hydrolysis) is 2. The summed E-state index contributed by atoms with van der Waals surface area (Å²) in [4.78, 5) is 28.3. The molecule has 0 spiro atoms. The molecule has 2 amide bonds. The zero-order valence-corrected chi connectivity index (χ0v) is 45.7. The zero-order chi connectivity index (χ0) is 48.6. The highest BCUT2D eigenvalue weighted by molar-refractivity contribution is 5.67. The Morgan fingerprint density at radius 1 is 0.574 bits per heavy atom. The average molecular weight is 943 g/mol. The van der Waals surface area contributed by atoms with Gasteiger partial charge in [-0.1, -0.05) is 131 Å². The largest absolute Gasteiger partial charge is 0.446 e. The maximum atomic E-state index is 13.1. The smallest absolute Gasteiger partial charge is 0.407 e. The number of carbonyl (C=O) groups is 2. The van der Waals surface area contributed by atoms with Gasteiger partial charge in [0.25, 0.3) is 0 Å². The van der Waals surface area contributed by atoms with Gasteiger partial charge in [-0.15, -0.1) is 0 Å². The van der Waals surface area contributed by atoms with Crippen LogP contribution in [-0.2, 0) is 9.47 Å². The van der Waals surface area contributed by atoms with E-state index in [0.29, 0.717) is 37.0 Å². The highest BCUT2D eigenvalue weighted by Gasteiger charge is 2.61. The van der Waals surface area contributed by atoms with Gasteiger partial charge in [0.15, 0.2) is 0 Å². The van der Waals surface area contributed by atoms with Crippen molar-refractivity contribution in [3.8, 4) is 0 Å². The maximum absolute atomic E-state index is 13.1. The van der Waals surface area contributed by atoms with Crippen molar-refractivity contribution in [2.45, 2.75) is 223 Å². The predicted molar refractivity (Wildman–Crippen MR) is 280 cm³/mol. The number of nitrogens with zero attached hydrogens (tertiary/aromatic N) is 1. The van der Waals surface area contributed by atoms with E-state index in [1.165, 1.54) is 103 Å². The van der Waals surface area contributed by atoms with Crippen LogP contribution < -0.4 is 10.6 Å². The van der Waals surface area contributed by atoms with Crippen LogP contribution in [0.4, 0.5) is 9.59 Å². The summed E-state index contributed by atoms with van der Waals surface area (Å²) in [5.74, 6) is 10.0. The van der Waals surface area contributed by atoms with E-state index in [1.54, 1.807) is 11.1 Å². The van der Waals surface area contributed by atoms with E-state index < -0.39 is 0 Å². The quantitative estimate of drug-likeness (QED) is 0.134. The van der Waals surface area contributed by atoms with Crippen LogP contribution in [0.5, 0.6) is 0 Å². The lowest BCUT2D eigenvalue weighted by Crippen LogP contribution is -2.51. The van der Waals surface area contributed by atoms with Crippen LogP contribution >= 0.6 is 0 Å². The molecule has 0 radical (unpaired) electrons. The Labute approximate surface area is 417 Å². The summed E-state index contributed by atoms with van der Waals surface area (Å²) in [6, 6.07) is 0. The molecule has 68 heavy (non-hydrogen) atoms. The standard InChI is InChI=1S/C61H103N3O4/c1-40(2)14-12-16-42(5)50-22-24-52-48-20-18-44-38-46(26-30-58(44,7)54(48)28-32-60(50,52)9)67-56(65)62-34-36-64(11)37-35-63-57(66)68-47-27-31-59(8)45(39-47)19-21-49-53-25-23-51(43(6)17-13-15-41(3)4)61(53,10)33-29-55(49)59/h18-19,40-43,46-55H,12-17,20-39H2,1-11H3,(H,62,65)(H,63,66)/t42-,43-,46+,47?,48+,49+,50-,51-,52?,53?,54+,55+,58+,59+,60-,61-/m1/s1. The second kappa shape index (κ2) is 21.6. The number of carbonyl (C=O) groups excluding carboxylic acids is 2. The van der Waals surface area contributed by atoms with Crippen molar-refractivity contribution in [2.24, 2.45) is 92.7 Å². The summed E-state index contributed by atoms with van der Waals surface area (Å²) in [6.07, 6.45) is 32.5. The second-order valence-electron chi connectivity index (χ2n) is 27.3. The van der Waals surface area contributed by atoms with Gasteiger partial charge in [0.05, 0.1) is 0 Å². The summed E-state index contributed by atoms with van der Waals surface area (Å²) < 4.78 is 12.2. The van der Waals surface area contributed by atoms with Crippen LogP contribution in [-0.4, -0.2) is 62.5 Å². The highest BCUT2D eigenvalue weighted by Crippen LogP contribution is 2.69. The van der Waals surface area contributed by atoms with Crippen molar-refractivity contribution in [3.63, 3.8) is 0 Å². The van der Waals surface area contributed by atoms with Gasteiger partial charge in [-0.05, 0) is 190 Å². The number of fused-ring (bicyclic) bond motifs is 10. The van der Waals surface area contributed by atoms with E-state index in [4.69, 9.17) is 9.47 Å². The summed E-state index contributed by atoms with van der Waals surface area (Å²) in [5, 5.41) is 6.07. The fraction of sp³-hybridized carbons (Fsp3) is 0.902. The van der Waals surface area contributed by atoms with Crippen molar-refractivity contribution >= 4 is 12.2 Å². The normalized spacial score (nSPS) is 40.4. The molecule has 7 nitrogen and oxygen atoms in total. The monoisotopic (exact) mass is 942 g/mol. The first-order valence-corrected chi connectivity index (χ1v) is 29.3. The van der Waals surface area contributed by atoms with Gasteiger partial charge in [-0.25, -0.2) is 9.59 Å². The lowest BCUT2D eigenvalue weighted by atomic mass is 9.47. The van der Waals surface area contributed by atoms with Gasteiger partial charge >= 0.3 is 12.2 Å². The van der Waals surface area contributed by atoms with Crippen LogP contribution in [0.1, 0.15) is 210 Å². The molecule has 7 heteroatoms. The van der Waals surface area contributed by atoms with E-state index in [0.717, 1.165) is 110 Å². The van der Waals surface area contributed by atoms with E-state index >= 15 is 0 Å². The predicted octanol–water partition coefficient (Wildman–Crippen LogP) is 15.2. The Morgan fingerprint density at radius 2 is 0.985 bits per heavy atom. The molecule has 0 aromatic carbocycles. The molecule has 6 saturated carbocycles. The van der Waals surface area contributed by atoms with E-state index in [9.17, 15) is 9.59 Å². The Balaban J connectivity index is 0.715. The Hall–Kier alpha value is -2.02. The fourth-order valence-electron chi connectivity index (χ4n) is 18.7. The fourth-order valence-corrected chi connectivity index (χ4v) is 18.7. The molecule has 0 heterocycles. The first-order chi connectivity index (χ1) is 32.4. The molecule has 16 atom stereocenters. The molecule has 3 unspecified atom stereocenters.